The van der Waals surface area contributed by atoms with Crippen LogP contribution in [0.5, 0.6) is 0 Å². The molecule has 1 aromatic heterocycles. The molecular formula is C14H17N3O. The molecule has 0 unspecified atom stereocenters. The van der Waals surface area contributed by atoms with Crippen molar-refractivity contribution < 1.29 is 4.79 Å². The summed E-state index contributed by atoms with van der Waals surface area (Å²) in [4.78, 5) is 14.2. The number of carbonyl (C=O) groups excluding carboxylic acids is 1. The molecule has 0 fully saturated rings. The fourth-order valence-electron chi connectivity index (χ4n) is 1.95. The zero-order valence-corrected chi connectivity index (χ0v) is 10.9. The second-order valence-electron chi connectivity index (χ2n) is 4.30. The first-order valence-corrected chi connectivity index (χ1v) is 6.02. The fraction of sp³-hybridized carbons (Fsp3) is 0.286. The minimum Gasteiger partial charge on any atom is -0.309 e. The summed E-state index contributed by atoms with van der Waals surface area (Å²) in [5.41, 5.74) is 3.48. The Morgan fingerprint density at radius 3 is 2.72 bits per heavy atom. The highest BCUT2D eigenvalue weighted by Gasteiger charge is 2.19. The van der Waals surface area contributed by atoms with Crippen molar-refractivity contribution in [3.8, 4) is 0 Å². The van der Waals surface area contributed by atoms with Gasteiger partial charge in [0, 0.05) is 17.9 Å². The second kappa shape index (κ2) is 5.04. The van der Waals surface area contributed by atoms with E-state index in [-0.39, 0.29) is 5.91 Å². The Kier molecular flexibility index (Phi) is 3.46. The largest absolute Gasteiger partial charge is 0.309 e. The number of nitrogens with zero attached hydrogens (tertiary/aromatic N) is 2. The normalized spacial score (nSPS) is 10.4. The van der Waals surface area contributed by atoms with E-state index in [2.05, 4.69) is 10.2 Å². The van der Waals surface area contributed by atoms with Crippen molar-refractivity contribution in [3.63, 3.8) is 0 Å². The van der Waals surface area contributed by atoms with E-state index in [0.29, 0.717) is 12.1 Å². The van der Waals surface area contributed by atoms with Crippen molar-refractivity contribution in [3.05, 3.63) is 47.3 Å². The molecule has 0 bridgehead atoms. The van der Waals surface area contributed by atoms with E-state index >= 15 is 0 Å². The molecule has 18 heavy (non-hydrogen) atoms. The van der Waals surface area contributed by atoms with Gasteiger partial charge in [0.25, 0.3) is 5.91 Å². The lowest BCUT2D eigenvalue weighted by atomic mass is 10.1. The van der Waals surface area contributed by atoms with Crippen molar-refractivity contribution in [2.45, 2.75) is 20.8 Å². The van der Waals surface area contributed by atoms with Crippen LogP contribution in [0.2, 0.25) is 0 Å². The first kappa shape index (κ1) is 12.4. The second-order valence-corrected chi connectivity index (χ2v) is 4.30. The van der Waals surface area contributed by atoms with Crippen molar-refractivity contribution in [2.75, 3.05) is 11.4 Å². The van der Waals surface area contributed by atoms with Gasteiger partial charge >= 0.3 is 0 Å². The van der Waals surface area contributed by atoms with E-state index < -0.39 is 0 Å². The molecule has 0 atom stereocenters. The zero-order chi connectivity index (χ0) is 13.1. The van der Waals surface area contributed by atoms with Gasteiger partial charge in [-0.3, -0.25) is 9.89 Å². The van der Waals surface area contributed by atoms with E-state index in [4.69, 9.17) is 0 Å². The number of hydrogen-bond acceptors (Lipinski definition) is 2. The molecule has 0 aliphatic rings. The summed E-state index contributed by atoms with van der Waals surface area (Å²) in [6.07, 6.45) is 1.58. The first-order chi connectivity index (χ1) is 8.63. The third kappa shape index (κ3) is 2.27. The smallest absolute Gasteiger partial charge is 0.261 e. The number of anilines is 1. The van der Waals surface area contributed by atoms with Gasteiger partial charge in [0.15, 0.2) is 0 Å². The van der Waals surface area contributed by atoms with Crippen LogP contribution in [0.3, 0.4) is 0 Å². The van der Waals surface area contributed by atoms with Crippen LogP contribution in [-0.4, -0.2) is 22.6 Å². The monoisotopic (exact) mass is 243 g/mol. The number of H-pyrrole nitrogens is 1. The number of carbonyl (C=O) groups is 1. The van der Waals surface area contributed by atoms with Gasteiger partial charge in [0.05, 0.1) is 11.8 Å². The average molecular weight is 243 g/mol. The van der Waals surface area contributed by atoms with E-state index in [0.717, 1.165) is 16.9 Å². The zero-order valence-electron chi connectivity index (χ0n) is 10.9. The number of amides is 1. The van der Waals surface area contributed by atoms with Gasteiger partial charge in [-0.1, -0.05) is 12.1 Å². The molecule has 1 aromatic carbocycles. The van der Waals surface area contributed by atoms with E-state index in [1.54, 1.807) is 11.1 Å². The lowest BCUT2D eigenvalue weighted by molar-refractivity contribution is 0.0988. The molecule has 0 saturated heterocycles. The highest BCUT2D eigenvalue weighted by molar-refractivity contribution is 6.06. The molecule has 0 radical (unpaired) electrons. The maximum atomic E-state index is 12.4. The summed E-state index contributed by atoms with van der Waals surface area (Å²) in [7, 11) is 0. The molecule has 4 nitrogen and oxygen atoms in total. The number of rotatable bonds is 3. The minimum atomic E-state index is -0.0191. The Bertz CT molecular complexity index is 560. The van der Waals surface area contributed by atoms with Crippen LogP contribution in [0.25, 0.3) is 0 Å². The standard InChI is InChI=1S/C14H17N3O/c1-4-17(12-7-5-6-10(2)8-12)14(18)13-9-15-16-11(13)3/h5-9H,4H2,1-3H3,(H,15,16). The van der Waals surface area contributed by atoms with Crippen molar-refractivity contribution in [1.82, 2.24) is 10.2 Å². The van der Waals surface area contributed by atoms with Gasteiger partial charge in [-0.15, -0.1) is 0 Å². The molecular weight excluding hydrogens is 226 g/mol. The molecule has 4 heteroatoms. The highest BCUT2D eigenvalue weighted by atomic mass is 16.2. The van der Waals surface area contributed by atoms with Crippen LogP contribution in [0, 0.1) is 13.8 Å². The van der Waals surface area contributed by atoms with Crippen LogP contribution >= 0.6 is 0 Å². The van der Waals surface area contributed by atoms with Crippen molar-refractivity contribution >= 4 is 11.6 Å². The Balaban J connectivity index is 2.35. The van der Waals surface area contributed by atoms with Gasteiger partial charge < -0.3 is 4.90 Å². The topological polar surface area (TPSA) is 49.0 Å². The maximum Gasteiger partial charge on any atom is 0.261 e. The van der Waals surface area contributed by atoms with E-state index in [1.807, 2.05) is 45.0 Å². The van der Waals surface area contributed by atoms with Crippen molar-refractivity contribution in [2.24, 2.45) is 0 Å². The lowest BCUT2D eigenvalue weighted by Gasteiger charge is -2.21. The van der Waals surface area contributed by atoms with Gasteiger partial charge in [-0.05, 0) is 38.5 Å². The summed E-state index contributed by atoms with van der Waals surface area (Å²) in [6.45, 7) is 6.47. The molecule has 1 N–H and O–H groups in total. The predicted octanol–water partition coefficient (Wildman–Crippen LogP) is 2.69. The number of benzene rings is 1. The van der Waals surface area contributed by atoms with Crippen LogP contribution < -0.4 is 4.90 Å². The fourth-order valence-corrected chi connectivity index (χ4v) is 1.95. The Hall–Kier alpha value is -2.10. The number of aromatic nitrogens is 2. The highest BCUT2D eigenvalue weighted by Crippen LogP contribution is 2.19. The minimum absolute atomic E-state index is 0.0191. The van der Waals surface area contributed by atoms with Gasteiger partial charge in [0.1, 0.15) is 0 Å². The number of aromatic amines is 1. The Morgan fingerprint density at radius 2 is 2.17 bits per heavy atom. The third-order valence-electron chi connectivity index (χ3n) is 2.94. The van der Waals surface area contributed by atoms with Gasteiger partial charge in [0.2, 0.25) is 0 Å². The molecule has 0 saturated carbocycles. The molecule has 0 spiro atoms. The molecule has 2 rings (SSSR count). The van der Waals surface area contributed by atoms with E-state index in [9.17, 15) is 4.79 Å². The van der Waals surface area contributed by atoms with E-state index in [1.165, 1.54) is 0 Å². The van der Waals surface area contributed by atoms with Crippen LogP contribution in [0.1, 0.15) is 28.5 Å². The Labute approximate surface area is 107 Å². The SMILES string of the molecule is CCN(C(=O)c1cn[nH]c1C)c1cccc(C)c1. The Morgan fingerprint density at radius 1 is 1.39 bits per heavy atom. The number of nitrogens with one attached hydrogen (secondary N) is 1. The first-order valence-electron chi connectivity index (χ1n) is 6.02. The molecule has 1 heterocycles. The number of hydrogen-bond donors (Lipinski definition) is 1. The lowest BCUT2D eigenvalue weighted by Crippen LogP contribution is -2.30. The summed E-state index contributed by atoms with van der Waals surface area (Å²) in [5, 5.41) is 6.69. The van der Waals surface area contributed by atoms with Crippen LogP contribution in [-0.2, 0) is 0 Å². The maximum absolute atomic E-state index is 12.4. The molecule has 0 aliphatic heterocycles. The quantitative estimate of drug-likeness (QED) is 0.901. The third-order valence-corrected chi connectivity index (χ3v) is 2.94. The summed E-state index contributed by atoms with van der Waals surface area (Å²) in [5.74, 6) is -0.0191. The average Bonchev–Trinajstić information content (AvgIpc) is 2.76. The molecule has 2 aromatic rings. The van der Waals surface area contributed by atoms with Gasteiger partial charge in [-0.25, -0.2) is 0 Å². The molecule has 1 amide bonds. The van der Waals surface area contributed by atoms with Crippen molar-refractivity contribution in [1.29, 1.82) is 0 Å². The summed E-state index contributed by atoms with van der Waals surface area (Å²) < 4.78 is 0. The predicted molar refractivity (Wildman–Crippen MR) is 71.9 cm³/mol. The summed E-state index contributed by atoms with van der Waals surface area (Å²) >= 11 is 0. The van der Waals surface area contributed by atoms with Crippen LogP contribution in [0.15, 0.2) is 30.5 Å². The molecule has 0 aliphatic carbocycles. The summed E-state index contributed by atoms with van der Waals surface area (Å²) in [6, 6.07) is 7.94. The van der Waals surface area contributed by atoms with Crippen LogP contribution in [0.4, 0.5) is 5.69 Å². The van der Waals surface area contributed by atoms with Gasteiger partial charge in [-0.2, -0.15) is 5.10 Å². The molecule has 94 valence electrons. The number of aryl methyl sites for hydroxylation is 2.